The Morgan fingerprint density at radius 2 is 1.94 bits per heavy atom. The van der Waals surface area contributed by atoms with Gasteiger partial charge in [0.15, 0.2) is 22.8 Å². The van der Waals surface area contributed by atoms with E-state index in [0.717, 1.165) is 0 Å². The van der Waals surface area contributed by atoms with E-state index in [1.54, 1.807) is 49.6 Å². The molecule has 0 bridgehead atoms. The minimum atomic E-state index is -1.08. The number of hydrogen-bond acceptors (Lipinski definition) is 8. The standard InChI is InChI=1S/C23H24N2O7S/c1-5-31-19-10-14(6-9-17(19)32-13(2)22(27)28)11-20-21(26)25-23(33-20)24-16-8-7-15(29-3)12-18(16)30-4/h6-13H,5H2,1-4H3,(H,27,28)(H,24,25,26)/b20-11+. The molecule has 1 atom stereocenters. The molecule has 2 aromatic rings. The van der Waals surface area contributed by atoms with Crippen LogP contribution in [0.5, 0.6) is 23.0 Å². The maximum atomic E-state index is 12.5. The SMILES string of the molecule is CCOc1cc(/C=C2/SC(=Nc3ccc(OC)cc3OC)NC2=O)ccc1OC(C)C(=O)O. The van der Waals surface area contributed by atoms with Gasteiger partial charge in [0.05, 0.1) is 25.7 Å². The molecule has 0 aromatic heterocycles. The van der Waals surface area contributed by atoms with Crippen molar-refractivity contribution in [2.24, 2.45) is 4.99 Å². The van der Waals surface area contributed by atoms with Crippen LogP contribution in [0.4, 0.5) is 5.69 Å². The van der Waals surface area contributed by atoms with Gasteiger partial charge in [-0.25, -0.2) is 9.79 Å². The molecule has 174 valence electrons. The average molecular weight is 473 g/mol. The Labute approximate surface area is 195 Å². The van der Waals surface area contributed by atoms with Crippen molar-refractivity contribution >= 4 is 40.6 Å². The van der Waals surface area contributed by atoms with Gasteiger partial charge in [-0.05, 0) is 61.5 Å². The lowest BCUT2D eigenvalue weighted by Crippen LogP contribution is -2.23. The molecule has 1 amide bonds. The highest BCUT2D eigenvalue weighted by Gasteiger charge is 2.25. The summed E-state index contributed by atoms with van der Waals surface area (Å²) in [6, 6.07) is 10.2. The second-order valence-electron chi connectivity index (χ2n) is 6.76. The molecule has 9 nitrogen and oxygen atoms in total. The Balaban J connectivity index is 1.84. The van der Waals surface area contributed by atoms with Crippen LogP contribution in [0.3, 0.4) is 0 Å². The first-order chi connectivity index (χ1) is 15.8. The Morgan fingerprint density at radius 1 is 1.15 bits per heavy atom. The summed E-state index contributed by atoms with van der Waals surface area (Å²) in [6.45, 7) is 3.62. The monoisotopic (exact) mass is 472 g/mol. The molecule has 0 spiro atoms. The number of hydrogen-bond donors (Lipinski definition) is 2. The summed E-state index contributed by atoms with van der Waals surface area (Å²) in [5.41, 5.74) is 1.24. The van der Waals surface area contributed by atoms with Gasteiger partial charge in [0.25, 0.3) is 5.91 Å². The molecule has 0 radical (unpaired) electrons. The third-order valence-electron chi connectivity index (χ3n) is 4.48. The van der Waals surface area contributed by atoms with Gasteiger partial charge in [-0.1, -0.05) is 6.07 Å². The van der Waals surface area contributed by atoms with Crippen LogP contribution >= 0.6 is 11.8 Å². The third-order valence-corrected chi connectivity index (χ3v) is 5.39. The number of aliphatic carboxylic acids is 1. The number of carbonyl (C=O) groups excluding carboxylic acids is 1. The summed E-state index contributed by atoms with van der Waals surface area (Å²) in [5.74, 6) is 0.481. The van der Waals surface area contributed by atoms with E-state index in [1.807, 2.05) is 6.92 Å². The van der Waals surface area contributed by atoms with E-state index in [9.17, 15) is 9.59 Å². The molecule has 1 aliphatic heterocycles. The van der Waals surface area contributed by atoms with Gasteiger partial charge in [-0.2, -0.15) is 0 Å². The number of aliphatic imine (C=N–C) groups is 1. The van der Waals surface area contributed by atoms with E-state index in [-0.39, 0.29) is 5.91 Å². The first-order valence-electron chi connectivity index (χ1n) is 10.0. The number of carboxylic acids is 1. The summed E-state index contributed by atoms with van der Waals surface area (Å²) in [6.07, 6.45) is 0.666. The third kappa shape index (κ3) is 5.98. The van der Waals surface area contributed by atoms with Gasteiger partial charge in [0.2, 0.25) is 0 Å². The normalized spacial score (nSPS) is 16.4. The zero-order valence-electron chi connectivity index (χ0n) is 18.6. The van der Waals surface area contributed by atoms with Crippen molar-refractivity contribution in [3.63, 3.8) is 0 Å². The van der Waals surface area contributed by atoms with Gasteiger partial charge in [0.1, 0.15) is 17.2 Å². The number of methoxy groups -OCH3 is 2. The second-order valence-corrected chi connectivity index (χ2v) is 7.79. The molecular formula is C23H24N2O7S. The van der Waals surface area contributed by atoms with Crippen molar-refractivity contribution in [1.82, 2.24) is 5.32 Å². The fraction of sp³-hybridized carbons (Fsp3) is 0.261. The van der Waals surface area contributed by atoms with E-state index in [1.165, 1.54) is 25.8 Å². The largest absolute Gasteiger partial charge is 0.497 e. The number of nitrogens with zero attached hydrogens (tertiary/aromatic N) is 1. The highest BCUT2D eigenvalue weighted by Crippen LogP contribution is 2.35. The maximum absolute atomic E-state index is 12.5. The highest BCUT2D eigenvalue weighted by molar-refractivity contribution is 8.18. The lowest BCUT2D eigenvalue weighted by Gasteiger charge is -2.15. The van der Waals surface area contributed by atoms with Gasteiger partial charge in [-0.15, -0.1) is 0 Å². The van der Waals surface area contributed by atoms with Crippen LogP contribution in [0.25, 0.3) is 6.08 Å². The number of carboxylic acid groups (broad SMARTS) is 1. The predicted molar refractivity (Wildman–Crippen MR) is 126 cm³/mol. The number of carbonyl (C=O) groups is 2. The number of rotatable bonds is 9. The molecule has 1 fully saturated rings. The molecule has 3 rings (SSSR count). The highest BCUT2D eigenvalue weighted by atomic mass is 32.2. The first kappa shape index (κ1) is 24.0. The van der Waals surface area contributed by atoms with E-state index < -0.39 is 12.1 Å². The fourth-order valence-corrected chi connectivity index (χ4v) is 3.67. The van der Waals surface area contributed by atoms with Crippen LogP contribution in [-0.2, 0) is 9.59 Å². The van der Waals surface area contributed by atoms with Gasteiger partial charge in [0, 0.05) is 6.07 Å². The van der Waals surface area contributed by atoms with Crippen molar-refractivity contribution in [2.75, 3.05) is 20.8 Å². The molecule has 1 heterocycles. The number of thioether (sulfide) groups is 1. The topological polar surface area (TPSA) is 116 Å². The number of amidine groups is 1. The molecule has 0 saturated carbocycles. The van der Waals surface area contributed by atoms with Crippen LogP contribution in [-0.4, -0.2) is 49.1 Å². The summed E-state index contributed by atoms with van der Waals surface area (Å²) in [7, 11) is 3.09. The number of ether oxygens (including phenoxy) is 4. The van der Waals surface area contributed by atoms with Crippen LogP contribution in [0.2, 0.25) is 0 Å². The molecule has 10 heteroatoms. The van der Waals surface area contributed by atoms with E-state index in [0.29, 0.717) is 50.9 Å². The Bertz CT molecular complexity index is 1110. The molecule has 0 aliphatic carbocycles. The lowest BCUT2D eigenvalue weighted by molar-refractivity contribution is -0.144. The smallest absolute Gasteiger partial charge is 0.344 e. The Kier molecular flexibility index (Phi) is 7.83. The number of benzene rings is 2. The van der Waals surface area contributed by atoms with Crippen LogP contribution in [0.15, 0.2) is 46.3 Å². The predicted octanol–water partition coefficient (Wildman–Crippen LogP) is 3.85. The van der Waals surface area contributed by atoms with Crippen LogP contribution in [0, 0.1) is 0 Å². The zero-order chi connectivity index (χ0) is 24.0. The van der Waals surface area contributed by atoms with E-state index in [2.05, 4.69) is 10.3 Å². The van der Waals surface area contributed by atoms with Gasteiger partial charge >= 0.3 is 5.97 Å². The van der Waals surface area contributed by atoms with E-state index >= 15 is 0 Å². The molecule has 1 unspecified atom stereocenters. The fourth-order valence-electron chi connectivity index (χ4n) is 2.84. The lowest BCUT2D eigenvalue weighted by atomic mass is 10.2. The summed E-state index contributed by atoms with van der Waals surface area (Å²) in [4.78, 5) is 28.5. The Hall–Kier alpha value is -3.66. The summed E-state index contributed by atoms with van der Waals surface area (Å²) in [5, 5.41) is 12.2. The second kappa shape index (κ2) is 10.8. The number of nitrogens with one attached hydrogen (secondary N) is 1. The molecule has 1 saturated heterocycles. The quantitative estimate of drug-likeness (QED) is 0.529. The van der Waals surface area contributed by atoms with Gasteiger partial charge in [-0.3, -0.25) is 4.79 Å². The minimum Gasteiger partial charge on any atom is -0.497 e. The molecule has 2 N–H and O–H groups in total. The van der Waals surface area contributed by atoms with Crippen molar-refractivity contribution < 1.29 is 33.6 Å². The summed E-state index contributed by atoms with van der Waals surface area (Å²) >= 11 is 1.19. The van der Waals surface area contributed by atoms with Gasteiger partial charge < -0.3 is 29.4 Å². The minimum absolute atomic E-state index is 0.288. The Morgan fingerprint density at radius 3 is 2.61 bits per heavy atom. The van der Waals surface area contributed by atoms with Crippen molar-refractivity contribution in [3.05, 3.63) is 46.9 Å². The average Bonchev–Trinajstić information content (AvgIpc) is 3.14. The number of amides is 1. The first-order valence-corrected chi connectivity index (χ1v) is 10.8. The van der Waals surface area contributed by atoms with Crippen molar-refractivity contribution in [3.8, 4) is 23.0 Å². The molecule has 1 aliphatic rings. The maximum Gasteiger partial charge on any atom is 0.344 e. The molecule has 2 aromatic carbocycles. The summed E-state index contributed by atoms with van der Waals surface area (Å²) < 4.78 is 21.6. The van der Waals surface area contributed by atoms with Crippen LogP contribution in [0.1, 0.15) is 19.4 Å². The van der Waals surface area contributed by atoms with E-state index in [4.69, 9.17) is 24.1 Å². The molecular weight excluding hydrogens is 448 g/mol. The van der Waals surface area contributed by atoms with Crippen LogP contribution < -0.4 is 24.3 Å². The molecule has 33 heavy (non-hydrogen) atoms. The zero-order valence-corrected chi connectivity index (χ0v) is 19.4. The van der Waals surface area contributed by atoms with Crippen molar-refractivity contribution in [1.29, 1.82) is 0 Å². The van der Waals surface area contributed by atoms with Crippen molar-refractivity contribution in [2.45, 2.75) is 20.0 Å².